The number of hydrogen-bond acceptors (Lipinski definition) is 1. The summed E-state index contributed by atoms with van der Waals surface area (Å²) in [4.78, 5) is 0. The van der Waals surface area contributed by atoms with Crippen molar-refractivity contribution in [1.29, 1.82) is 0 Å². The molecule has 4 heteroatoms. The van der Waals surface area contributed by atoms with Gasteiger partial charge in [0.05, 0.1) is 5.92 Å². The molecule has 0 aliphatic heterocycles. The van der Waals surface area contributed by atoms with Crippen molar-refractivity contribution >= 4 is 0 Å². The maximum absolute atomic E-state index is 12.9. The normalized spacial score (nSPS) is 28.1. The van der Waals surface area contributed by atoms with E-state index < -0.39 is 12.1 Å². The minimum Gasteiger partial charge on any atom is -0.311 e. The van der Waals surface area contributed by atoms with E-state index in [9.17, 15) is 13.2 Å². The topological polar surface area (TPSA) is 12.0 Å². The van der Waals surface area contributed by atoms with Crippen molar-refractivity contribution in [2.75, 3.05) is 0 Å². The summed E-state index contributed by atoms with van der Waals surface area (Å²) >= 11 is 0. The van der Waals surface area contributed by atoms with Gasteiger partial charge in [0, 0.05) is 12.1 Å². The van der Waals surface area contributed by atoms with Crippen LogP contribution < -0.4 is 5.32 Å². The Hall–Kier alpha value is -0.250. The van der Waals surface area contributed by atoms with Crippen molar-refractivity contribution in [3.05, 3.63) is 0 Å². The van der Waals surface area contributed by atoms with E-state index in [-0.39, 0.29) is 12.1 Å². The SMILES string of the molecule is CCCC(CC)NC1CCCCC1C(F)(F)F. The van der Waals surface area contributed by atoms with Gasteiger partial charge in [0.25, 0.3) is 0 Å². The Balaban J connectivity index is 2.58. The van der Waals surface area contributed by atoms with Crippen LogP contribution in [0.4, 0.5) is 13.2 Å². The van der Waals surface area contributed by atoms with Crippen molar-refractivity contribution in [3.8, 4) is 0 Å². The minimum absolute atomic E-state index is 0.243. The predicted molar refractivity (Wildman–Crippen MR) is 63.9 cm³/mol. The first-order valence-electron chi connectivity index (χ1n) is 6.81. The Morgan fingerprint density at radius 1 is 1.18 bits per heavy atom. The molecule has 1 N–H and O–H groups in total. The Morgan fingerprint density at radius 3 is 2.35 bits per heavy atom. The monoisotopic (exact) mass is 251 g/mol. The first kappa shape index (κ1) is 14.8. The maximum atomic E-state index is 12.9. The van der Waals surface area contributed by atoms with Crippen LogP contribution in [0.3, 0.4) is 0 Å². The fraction of sp³-hybridized carbons (Fsp3) is 1.00. The second-order valence-electron chi connectivity index (χ2n) is 5.10. The number of hydrogen-bond donors (Lipinski definition) is 1. The molecule has 1 aliphatic carbocycles. The second kappa shape index (κ2) is 6.62. The van der Waals surface area contributed by atoms with Gasteiger partial charge in [0.2, 0.25) is 0 Å². The van der Waals surface area contributed by atoms with Gasteiger partial charge in [-0.1, -0.05) is 33.1 Å². The molecule has 0 spiro atoms. The molecule has 0 aromatic heterocycles. The highest BCUT2D eigenvalue weighted by atomic mass is 19.4. The molecule has 1 rings (SSSR count). The zero-order valence-corrected chi connectivity index (χ0v) is 10.8. The van der Waals surface area contributed by atoms with Gasteiger partial charge in [0.15, 0.2) is 0 Å². The largest absolute Gasteiger partial charge is 0.393 e. The van der Waals surface area contributed by atoms with Crippen LogP contribution >= 0.6 is 0 Å². The van der Waals surface area contributed by atoms with Gasteiger partial charge in [-0.15, -0.1) is 0 Å². The number of rotatable bonds is 5. The van der Waals surface area contributed by atoms with E-state index in [2.05, 4.69) is 12.2 Å². The van der Waals surface area contributed by atoms with E-state index in [1.54, 1.807) is 0 Å². The van der Waals surface area contributed by atoms with Crippen LogP contribution in [-0.4, -0.2) is 18.3 Å². The van der Waals surface area contributed by atoms with Crippen molar-refractivity contribution < 1.29 is 13.2 Å². The Morgan fingerprint density at radius 2 is 1.82 bits per heavy atom. The summed E-state index contributed by atoms with van der Waals surface area (Å²) < 4.78 is 38.7. The zero-order chi connectivity index (χ0) is 12.9. The third-order valence-electron chi connectivity index (χ3n) is 3.77. The van der Waals surface area contributed by atoms with Crippen LogP contribution in [0.25, 0.3) is 0 Å². The number of alkyl halides is 3. The molecule has 0 bridgehead atoms. The molecule has 0 aromatic rings. The molecular formula is C13H24F3N. The summed E-state index contributed by atoms with van der Waals surface area (Å²) in [6, 6.07) is -0.117. The first-order chi connectivity index (χ1) is 7.99. The fourth-order valence-electron chi connectivity index (χ4n) is 2.78. The summed E-state index contributed by atoms with van der Waals surface area (Å²) in [5.41, 5.74) is 0. The Kier molecular flexibility index (Phi) is 5.77. The summed E-state index contributed by atoms with van der Waals surface area (Å²) in [6.45, 7) is 4.12. The maximum Gasteiger partial charge on any atom is 0.393 e. The van der Waals surface area contributed by atoms with Crippen LogP contribution in [0.1, 0.15) is 58.8 Å². The highest BCUT2D eigenvalue weighted by Crippen LogP contribution is 2.38. The lowest BCUT2D eigenvalue weighted by molar-refractivity contribution is -0.189. The molecular weight excluding hydrogens is 227 g/mol. The summed E-state index contributed by atoms with van der Waals surface area (Å²) in [5, 5.41) is 3.24. The van der Waals surface area contributed by atoms with Crippen molar-refractivity contribution in [1.82, 2.24) is 5.32 Å². The smallest absolute Gasteiger partial charge is 0.311 e. The van der Waals surface area contributed by atoms with Crippen LogP contribution in [0.5, 0.6) is 0 Å². The van der Waals surface area contributed by atoms with Gasteiger partial charge in [-0.2, -0.15) is 13.2 Å². The van der Waals surface area contributed by atoms with E-state index in [4.69, 9.17) is 0 Å². The molecule has 3 atom stereocenters. The number of halogens is 3. The summed E-state index contributed by atoms with van der Waals surface area (Å²) in [7, 11) is 0. The predicted octanol–water partition coefficient (Wildman–Crippen LogP) is 4.28. The lowest BCUT2D eigenvalue weighted by atomic mass is 9.83. The molecule has 0 radical (unpaired) electrons. The Labute approximate surface area is 102 Å². The molecule has 1 aliphatic rings. The highest BCUT2D eigenvalue weighted by molar-refractivity contribution is 4.87. The number of nitrogens with one attached hydrogen (secondary N) is 1. The third kappa shape index (κ3) is 4.49. The molecule has 1 fully saturated rings. The van der Waals surface area contributed by atoms with E-state index in [1.807, 2.05) is 6.92 Å². The van der Waals surface area contributed by atoms with Gasteiger partial charge in [0.1, 0.15) is 0 Å². The van der Waals surface area contributed by atoms with Crippen LogP contribution in [0, 0.1) is 5.92 Å². The fourth-order valence-corrected chi connectivity index (χ4v) is 2.78. The van der Waals surface area contributed by atoms with Gasteiger partial charge in [-0.3, -0.25) is 0 Å². The average Bonchev–Trinajstić information content (AvgIpc) is 2.27. The van der Waals surface area contributed by atoms with Crippen LogP contribution in [-0.2, 0) is 0 Å². The van der Waals surface area contributed by atoms with Crippen LogP contribution in [0.15, 0.2) is 0 Å². The van der Waals surface area contributed by atoms with Crippen LogP contribution in [0.2, 0.25) is 0 Å². The molecule has 1 nitrogen and oxygen atoms in total. The Bertz CT molecular complexity index is 215. The standard InChI is InChI=1S/C13H24F3N/c1-3-7-10(4-2)17-12-9-6-5-8-11(12)13(14,15)16/h10-12,17H,3-9H2,1-2H3. The first-order valence-corrected chi connectivity index (χ1v) is 6.81. The van der Waals surface area contributed by atoms with Crippen molar-refractivity contribution in [2.45, 2.75) is 77.1 Å². The summed E-state index contributed by atoms with van der Waals surface area (Å²) in [6.07, 6.45) is 1.47. The molecule has 102 valence electrons. The summed E-state index contributed by atoms with van der Waals surface area (Å²) in [5.74, 6) is -1.14. The van der Waals surface area contributed by atoms with Gasteiger partial charge < -0.3 is 5.32 Å². The molecule has 0 aromatic carbocycles. The zero-order valence-electron chi connectivity index (χ0n) is 10.8. The van der Waals surface area contributed by atoms with E-state index in [0.29, 0.717) is 19.3 Å². The lowest BCUT2D eigenvalue weighted by Gasteiger charge is -2.36. The minimum atomic E-state index is -4.04. The molecule has 17 heavy (non-hydrogen) atoms. The molecule has 3 unspecified atom stereocenters. The third-order valence-corrected chi connectivity index (χ3v) is 3.77. The quantitative estimate of drug-likeness (QED) is 0.769. The lowest BCUT2D eigenvalue weighted by Crippen LogP contribution is -2.49. The van der Waals surface area contributed by atoms with Gasteiger partial charge in [-0.05, 0) is 25.7 Å². The van der Waals surface area contributed by atoms with E-state index in [1.165, 1.54) is 0 Å². The average molecular weight is 251 g/mol. The second-order valence-corrected chi connectivity index (χ2v) is 5.10. The molecule has 0 heterocycles. The highest BCUT2D eigenvalue weighted by Gasteiger charge is 2.45. The molecule has 0 saturated heterocycles. The van der Waals surface area contributed by atoms with Crippen molar-refractivity contribution in [3.63, 3.8) is 0 Å². The van der Waals surface area contributed by atoms with Crippen molar-refractivity contribution in [2.24, 2.45) is 5.92 Å². The van der Waals surface area contributed by atoms with E-state index in [0.717, 1.165) is 25.7 Å². The van der Waals surface area contributed by atoms with Gasteiger partial charge >= 0.3 is 6.18 Å². The molecule has 1 saturated carbocycles. The van der Waals surface area contributed by atoms with E-state index >= 15 is 0 Å². The molecule has 0 amide bonds. The van der Waals surface area contributed by atoms with Gasteiger partial charge in [-0.25, -0.2) is 0 Å².